The SMILES string of the molecule is C[C@@H](OCc1cccnc1)C(=O)O. The molecule has 1 heterocycles. The second-order valence-electron chi connectivity index (χ2n) is 2.65. The summed E-state index contributed by atoms with van der Waals surface area (Å²) >= 11 is 0. The van der Waals surface area contributed by atoms with E-state index in [1.165, 1.54) is 6.92 Å². The standard InChI is InChI=1S/C9H11NO3/c1-7(9(11)12)13-6-8-3-2-4-10-5-8/h2-5,7H,6H2,1H3,(H,11,12)/t7-/m1/s1. The number of carbonyl (C=O) groups is 1. The molecule has 0 radical (unpaired) electrons. The van der Waals surface area contributed by atoms with Crippen LogP contribution in [0.1, 0.15) is 12.5 Å². The van der Waals surface area contributed by atoms with E-state index in [-0.39, 0.29) is 6.61 Å². The molecule has 4 heteroatoms. The van der Waals surface area contributed by atoms with Gasteiger partial charge >= 0.3 is 5.97 Å². The van der Waals surface area contributed by atoms with E-state index in [1.807, 2.05) is 6.07 Å². The summed E-state index contributed by atoms with van der Waals surface area (Å²) in [5.41, 5.74) is 0.871. The molecule has 1 atom stereocenters. The number of ether oxygens (including phenoxy) is 1. The molecular weight excluding hydrogens is 170 g/mol. The quantitative estimate of drug-likeness (QED) is 0.754. The van der Waals surface area contributed by atoms with Crippen molar-refractivity contribution in [3.05, 3.63) is 30.1 Å². The topological polar surface area (TPSA) is 59.4 Å². The zero-order valence-corrected chi connectivity index (χ0v) is 7.30. The molecule has 0 spiro atoms. The molecule has 70 valence electrons. The second kappa shape index (κ2) is 4.57. The summed E-state index contributed by atoms with van der Waals surface area (Å²) in [4.78, 5) is 14.3. The van der Waals surface area contributed by atoms with E-state index < -0.39 is 12.1 Å². The minimum atomic E-state index is -0.955. The maximum absolute atomic E-state index is 10.4. The normalized spacial score (nSPS) is 12.4. The summed E-state index contributed by atoms with van der Waals surface area (Å²) in [5, 5.41) is 8.52. The van der Waals surface area contributed by atoms with Gasteiger partial charge in [0, 0.05) is 12.4 Å². The molecule has 1 aromatic rings. The first-order valence-electron chi connectivity index (χ1n) is 3.93. The highest BCUT2D eigenvalue weighted by Crippen LogP contribution is 2.01. The van der Waals surface area contributed by atoms with Crippen molar-refractivity contribution < 1.29 is 14.6 Å². The molecular formula is C9H11NO3. The maximum Gasteiger partial charge on any atom is 0.332 e. The third-order valence-electron chi connectivity index (χ3n) is 1.57. The van der Waals surface area contributed by atoms with Gasteiger partial charge in [0.15, 0.2) is 6.10 Å². The first-order valence-corrected chi connectivity index (χ1v) is 3.93. The number of aromatic nitrogens is 1. The highest BCUT2D eigenvalue weighted by molar-refractivity contribution is 5.71. The molecule has 4 nitrogen and oxygen atoms in total. The Morgan fingerprint density at radius 1 is 1.77 bits per heavy atom. The van der Waals surface area contributed by atoms with E-state index in [1.54, 1.807) is 18.5 Å². The molecule has 0 aromatic carbocycles. The summed E-state index contributed by atoms with van der Waals surface area (Å²) in [6.45, 7) is 1.78. The van der Waals surface area contributed by atoms with Crippen LogP contribution in [0.5, 0.6) is 0 Å². The van der Waals surface area contributed by atoms with Gasteiger partial charge in [0.05, 0.1) is 6.61 Å². The van der Waals surface area contributed by atoms with Crippen molar-refractivity contribution >= 4 is 5.97 Å². The fourth-order valence-electron chi connectivity index (χ4n) is 0.776. The molecule has 1 aromatic heterocycles. The summed E-state index contributed by atoms with van der Waals surface area (Å²) < 4.78 is 5.05. The molecule has 0 aliphatic rings. The molecule has 0 aliphatic heterocycles. The van der Waals surface area contributed by atoms with Crippen molar-refractivity contribution in [2.24, 2.45) is 0 Å². The largest absolute Gasteiger partial charge is 0.479 e. The Bertz CT molecular complexity index is 273. The van der Waals surface area contributed by atoms with Gasteiger partial charge < -0.3 is 9.84 Å². The third-order valence-corrected chi connectivity index (χ3v) is 1.57. The maximum atomic E-state index is 10.4. The molecule has 1 rings (SSSR count). The molecule has 0 saturated carbocycles. The predicted octanol–water partition coefficient (Wildman–Crippen LogP) is 1.07. The fourth-order valence-corrected chi connectivity index (χ4v) is 0.776. The lowest BCUT2D eigenvalue weighted by Gasteiger charge is -2.07. The number of carboxylic acid groups (broad SMARTS) is 1. The van der Waals surface area contributed by atoms with Gasteiger partial charge in [0.1, 0.15) is 0 Å². The van der Waals surface area contributed by atoms with Gasteiger partial charge in [-0.2, -0.15) is 0 Å². The summed E-state index contributed by atoms with van der Waals surface area (Å²) in [5.74, 6) is -0.955. The Morgan fingerprint density at radius 2 is 2.54 bits per heavy atom. The molecule has 13 heavy (non-hydrogen) atoms. The van der Waals surface area contributed by atoms with E-state index in [4.69, 9.17) is 9.84 Å². The van der Waals surface area contributed by atoms with Crippen LogP contribution in [0.25, 0.3) is 0 Å². The fraction of sp³-hybridized carbons (Fsp3) is 0.333. The van der Waals surface area contributed by atoms with Crippen molar-refractivity contribution in [1.82, 2.24) is 4.98 Å². The van der Waals surface area contributed by atoms with E-state index in [0.29, 0.717) is 0 Å². The summed E-state index contributed by atoms with van der Waals surface area (Å²) in [6.07, 6.45) is 2.53. The Hall–Kier alpha value is -1.42. The van der Waals surface area contributed by atoms with Crippen LogP contribution in [-0.4, -0.2) is 22.2 Å². The lowest BCUT2D eigenvalue weighted by molar-refractivity contribution is -0.149. The number of carboxylic acids is 1. The van der Waals surface area contributed by atoms with Gasteiger partial charge in [-0.25, -0.2) is 4.79 Å². The molecule has 0 fully saturated rings. The van der Waals surface area contributed by atoms with E-state index in [9.17, 15) is 4.79 Å². The lowest BCUT2D eigenvalue weighted by Crippen LogP contribution is -2.19. The van der Waals surface area contributed by atoms with Crippen molar-refractivity contribution in [2.45, 2.75) is 19.6 Å². The van der Waals surface area contributed by atoms with Crippen LogP contribution in [0.15, 0.2) is 24.5 Å². The Morgan fingerprint density at radius 3 is 3.08 bits per heavy atom. The van der Waals surface area contributed by atoms with Gasteiger partial charge in [-0.15, -0.1) is 0 Å². The smallest absolute Gasteiger partial charge is 0.332 e. The summed E-state index contributed by atoms with van der Waals surface area (Å²) in [7, 11) is 0. The van der Waals surface area contributed by atoms with Crippen LogP contribution in [0.4, 0.5) is 0 Å². The third kappa shape index (κ3) is 3.21. The predicted molar refractivity (Wildman–Crippen MR) is 46.1 cm³/mol. The minimum absolute atomic E-state index is 0.279. The molecule has 0 amide bonds. The zero-order valence-electron chi connectivity index (χ0n) is 7.30. The second-order valence-corrected chi connectivity index (χ2v) is 2.65. The Balaban J connectivity index is 2.39. The number of aliphatic carboxylic acids is 1. The van der Waals surface area contributed by atoms with Gasteiger partial charge in [-0.3, -0.25) is 4.98 Å². The Labute approximate surface area is 76.2 Å². The lowest BCUT2D eigenvalue weighted by atomic mass is 10.3. The van der Waals surface area contributed by atoms with Crippen molar-refractivity contribution in [2.75, 3.05) is 0 Å². The van der Waals surface area contributed by atoms with Crippen LogP contribution in [-0.2, 0) is 16.1 Å². The molecule has 0 aliphatic carbocycles. The number of pyridine rings is 1. The number of hydrogen-bond donors (Lipinski definition) is 1. The molecule has 0 saturated heterocycles. The number of rotatable bonds is 4. The van der Waals surface area contributed by atoms with E-state index in [2.05, 4.69) is 4.98 Å². The van der Waals surface area contributed by atoms with Crippen molar-refractivity contribution in [3.63, 3.8) is 0 Å². The van der Waals surface area contributed by atoms with Crippen molar-refractivity contribution in [3.8, 4) is 0 Å². The van der Waals surface area contributed by atoms with Gasteiger partial charge in [0.25, 0.3) is 0 Å². The van der Waals surface area contributed by atoms with E-state index in [0.717, 1.165) is 5.56 Å². The van der Waals surface area contributed by atoms with Gasteiger partial charge in [0.2, 0.25) is 0 Å². The minimum Gasteiger partial charge on any atom is -0.479 e. The highest BCUT2D eigenvalue weighted by atomic mass is 16.5. The van der Waals surface area contributed by atoms with E-state index >= 15 is 0 Å². The van der Waals surface area contributed by atoms with Gasteiger partial charge in [-0.1, -0.05) is 6.07 Å². The van der Waals surface area contributed by atoms with Crippen LogP contribution < -0.4 is 0 Å². The first-order chi connectivity index (χ1) is 6.20. The van der Waals surface area contributed by atoms with Gasteiger partial charge in [-0.05, 0) is 18.6 Å². The monoisotopic (exact) mass is 181 g/mol. The number of hydrogen-bond acceptors (Lipinski definition) is 3. The molecule has 0 bridgehead atoms. The zero-order chi connectivity index (χ0) is 9.68. The number of nitrogens with zero attached hydrogens (tertiary/aromatic N) is 1. The molecule has 1 N–H and O–H groups in total. The average Bonchev–Trinajstić information content (AvgIpc) is 2.15. The van der Waals surface area contributed by atoms with Crippen LogP contribution in [0.2, 0.25) is 0 Å². The van der Waals surface area contributed by atoms with Crippen LogP contribution in [0.3, 0.4) is 0 Å². The van der Waals surface area contributed by atoms with Crippen LogP contribution in [0, 0.1) is 0 Å². The Kier molecular flexibility index (Phi) is 3.40. The average molecular weight is 181 g/mol. The summed E-state index contributed by atoms with van der Waals surface area (Å²) in [6, 6.07) is 3.62. The highest BCUT2D eigenvalue weighted by Gasteiger charge is 2.10. The first kappa shape index (κ1) is 9.67. The van der Waals surface area contributed by atoms with Crippen molar-refractivity contribution in [1.29, 1.82) is 0 Å². The van der Waals surface area contributed by atoms with Crippen LogP contribution >= 0.6 is 0 Å². The molecule has 0 unspecified atom stereocenters.